The summed E-state index contributed by atoms with van der Waals surface area (Å²) in [5.41, 5.74) is 5.81. The second kappa shape index (κ2) is 13.6. The molecule has 0 saturated carbocycles. The van der Waals surface area contributed by atoms with Gasteiger partial charge in [0.2, 0.25) is 11.8 Å². The number of carbonyl (C=O) groups is 3. The number of anilines is 1. The third kappa shape index (κ3) is 8.09. The largest absolute Gasteiger partial charge is 0.447 e. The number of pyridine rings is 1. The lowest BCUT2D eigenvalue weighted by Crippen LogP contribution is -2.43. The van der Waals surface area contributed by atoms with Crippen molar-refractivity contribution >= 4 is 46.1 Å². The summed E-state index contributed by atoms with van der Waals surface area (Å²) in [5, 5.41) is 6.32. The first-order chi connectivity index (χ1) is 18.2. The normalized spacial score (nSPS) is 11.6. The van der Waals surface area contributed by atoms with Gasteiger partial charge in [-0.25, -0.2) is 18.6 Å². The molecule has 1 heterocycles. The standard InChI is InChI=1S/C26H28ClF2N5O4/c1-34(24(36)8-6-16-3-2-4-21(29)25(16)27)20(9-10-31-23(35)13-30)15-38-26(37)33-22-12-18-11-19(28)7-5-17(18)14-32-22/h2-5,7,11-12,14,20H,6,8-10,13,15,30H2,1H3,(H,31,35)(H,32,33,37)/t20-/m0/s1. The second-order valence-corrected chi connectivity index (χ2v) is 8.88. The van der Waals surface area contributed by atoms with Crippen LogP contribution in [0, 0.1) is 11.6 Å². The van der Waals surface area contributed by atoms with Crippen molar-refractivity contribution in [2.24, 2.45) is 5.73 Å². The van der Waals surface area contributed by atoms with Gasteiger partial charge >= 0.3 is 6.09 Å². The van der Waals surface area contributed by atoms with E-state index in [1.165, 1.54) is 41.4 Å². The van der Waals surface area contributed by atoms with Gasteiger partial charge in [-0.05, 0) is 54.1 Å². The number of rotatable bonds is 11. The van der Waals surface area contributed by atoms with Crippen LogP contribution in [0.15, 0.2) is 48.7 Å². The molecule has 0 bridgehead atoms. The van der Waals surface area contributed by atoms with Gasteiger partial charge in [0.15, 0.2) is 0 Å². The first kappa shape index (κ1) is 28.7. The molecule has 0 fully saturated rings. The number of hydrogen-bond donors (Lipinski definition) is 3. The number of likely N-dealkylation sites (N-methyl/N-ethyl adjacent to an activating group) is 1. The Morgan fingerprint density at radius 2 is 1.95 bits per heavy atom. The molecule has 38 heavy (non-hydrogen) atoms. The maximum atomic E-state index is 13.7. The number of halogens is 3. The molecule has 202 valence electrons. The van der Waals surface area contributed by atoms with Crippen LogP contribution in [0.25, 0.3) is 10.8 Å². The minimum Gasteiger partial charge on any atom is -0.447 e. The van der Waals surface area contributed by atoms with Crippen LogP contribution in [0.5, 0.6) is 0 Å². The van der Waals surface area contributed by atoms with E-state index in [-0.39, 0.29) is 61.6 Å². The number of benzene rings is 2. The molecular formula is C26H28ClF2N5O4. The first-order valence-corrected chi connectivity index (χ1v) is 12.2. The van der Waals surface area contributed by atoms with Crippen molar-refractivity contribution in [3.05, 3.63) is 70.9 Å². The van der Waals surface area contributed by atoms with Gasteiger partial charge in [0, 0.05) is 31.6 Å². The summed E-state index contributed by atoms with van der Waals surface area (Å²) in [6, 6.07) is 9.51. The van der Waals surface area contributed by atoms with Crippen molar-refractivity contribution in [1.29, 1.82) is 0 Å². The Balaban J connectivity index is 1.61. The predicted molar refractivity (Wildman–Crippen MR) is 140 cm³/mol. The average molecular weight is 548 g/mol. The van der Waals surface area contributed by atoms with Crippen molar-refractivity contribution in [1.82, 2.24) is 15.2 Å². The highest BCUT2D eigenvalue weighted by Gasteiger charge is 2.22. The molecule has 3 amide bonds. The predicted octanol–water partition coefficient (Wildman–Crippen LogP) is 3.64. The lowest BCUT2D eigenvalue weighted by molar-refractivity contribution is -0.132. The molecule has 0 saturated heterocycles. The topological polar surface area (TPSA) is 127 Å². The van der Waals surface area contributed by atoms with Gasteiger partial charge in [0.25, 0.3) is 0 Å². The fraction of sp³-hybridized carbons (Fsp3) is 0.308. The van der Waals surface area contributed by atoms with E-state index in [0.29, 0.717) is 16.3 Å². The molecule has 0 aliphatic rings. The molecule has 2 aromatic carbocycles. The van der Waals surface area contributed by atoms with E-state index in [0.717, 1.165) is 0 Å². The Morgan fingerprint density at radius 3 is 2.71 bits per heavy atom. The van der Waals surface area contributed by atoms with Gasteiger partial charge in [0.1, 0.15) is 24.1 Å². The molecule has 3 rings (SSSR count). The summed E-state index contributed by atoms with van der Waals surface area (Å²) < 4.78 is 32.6. The molecular weight excluding hydrogens is 520 g/mol. The lowest BCUT2D eigenvalue weighted by Gasteiger charge is -2.28. The van der Waals surface area contributed by atoms with Crippen LogP contribution < -0.4 is 16.4 Å². The molecule has 1 atom stereocenters. The van der Waals surface area contributed by atoms with Gasteiger partial charge < -0.3 is 20.7 Å². The summed E-state index contributed by atoms with van der Waals surface area (Å²) in [4.78, 5) is 42.4. The number of nitrogens with zero attached hydrogens (tertiary/aromatic N) is 2. The SMILES string of the molecule is CN(C(=O)CCc1cccc(F)c1Cl)[C@@H](CCNC(=O)CN)COC(=O)Nc1cc2cc(F)ccc2cn1. The number of ether oxygens (including phenoxy) is 1. The summed E-state index contributed by atoms with van der Waals surface area (Å²) in [6.07, 6.45) is 1.19. The van der Waals surface area contributed by atoms with Crippen LogP contribution in [0.2, 0.25) is 5.02 Å². The number of fused-ring (bicyclic) bond motifs is 1. The molecule has 9 nitrogen and oxygen atoms in total. The Labute approximate surface area is 223 Å². The van der Waals surface area contributed by atoms with E-state index in [9.17, 15) is 23.2 Å². The molecule has 0 spiro atoms. The maximum absolute atomic E-state index is 13.7. The van der Waals surface area contributed by atoms with Crippen LogP contribution in [0.4, 0.5) is 19.4 Å². The van der Waals surface area contributed by atoms with E-state index < -0.39 is 23.8 Å². The van der Waals surface area contributed by atoms with Crippen molar-refractivity contribution in [2.45, 2.75) is 25.3 Å². The highest BCUT2D eigenvalue weighted by molar-refractivity contribution is 6.31. The molecule has 0 aliphatic carbocycles. The number of carbonyl (C=O) groups excluding carboxylic acids is 3. The smallest absolute Gasteiger partial charge is 0.412 e. The molecule has 1 aromatic heterocycles. The first-order valence-electron chi connectivity index (χ1n) is 11.8. The number of nitrogens with two attached hydrogens (primary N) is 1. The number of amides is 3. The number of nitrogens with one attached hydrogen (secondary N) is 2. The maximum Gasteiger partial charge on any atom is 0.412 e. The van der Waals surface area contributed by atoms with Crippen molar-refractivity contribution in [3.63, 3.8) is 0 Å². The van der Waals surface area contributed by atoms with E-state index in [1.54, 1.807) is 19.2 Å². The zero-order valence-corrected chi connectivity index (χ0v) is 21.4. The Morgan fingerprint density at radius 1 is 1.16 bits per heavy atom. The fourth-order valence-electron chi connectivity index (χ4n) is 3.70. The van der Waals surface area contributed by atoms with E-state index in [4.69, 9.17) is 22.1 Å². The van der Waals surface area contributed by atoms with Gasteiger partial charge in [-0.1, -0.05) is 23.7 Å². The van der Waals surface area contributed by atoms with Gasteiger partial charge in [-0.3, -0.25) is 14.9 Å². The number of hydrogen-bond acceptors (Lipinski definition) is 6. The third-order valence-electron chi connectivity index (χ3n) is 5.89. The minimum absolute atomic E-state index is 0.0333. The van der Waals surface area contributed by atoms with E-state index in [1.807, 2.05) is 0 Å². The fourth-order valence-corrected chi connectivity index (χ4v) is 3.92. The minimum atomic E-state index is -0.823. The zero-order valence-electron chi connectivity index (χ0n) is 20.7. The van der Waals surface area contributed by atoms with Gasteiger partial charge in [-0.2, -0.15) is 0 Å². The average Bonchev–Trinajstić information content (AvgIpc) is 2.90. The summed E-state index contributed by atoms with van der Waals surface area (Å²) >= 11 is 5.98. The van der Waals surface area contributed by atoms with E-state index in [2.05, 4.69) is 15.6 Å². The van der Waals surface area contributed by atoms with Crippen molar-refractivity contribution in [2.75, 3.05) is 32.1 Å². The van der Waals surface area contributed by atoms with Gasteiger partial charge in [-0.15, -0.1) is 0 Å². The second-order valence-electron chi connectivity index (χ2n) is 8.50. The Kier molecular flexibility index (Phi) is 10.3. The highest BCUT2D eigenvalue weighted by Crippen LogP contribution is 2.22. The van der Waals surface area contributed by atoms with Gasteiger partial charge in [0.05, 0.1) is 17.6 Å². The molecule has 3 aromatic rings. The monoisotopic (exact) mass is 547 g/mol. The van der Waals surface area contributed by atoms with Crippen molar-refractivity contribution < 1.29 is 27.9 Å². The van der Waals surface area contributed by atoms with Crippen LogP contribution in [-0.4, -0.2) is 60.6 Å². The molecule has 0 radical (unpaired) electrons. The van der Waals surface area contributed by atoms with Crippen LogP contribution >= 0.6 is 11.6 Å². The third-order valence-corrected chi connectivity index (χ3v) is 6.31. The van der Waals surface area contributed by atoms with Crippen LogP contribution in [-0.2, 0) is 20.7 Å². The quantitative estimate of drug-likeness (QED) is 0.336. The van der Waals surface area contributed by atoms with Crippen LogP contribution in [0.1, 0.15) is 18.4 Å². The number of aromatic nitrogens is 1. The lowest BCUT2D eigenvalue weighted by atomic mass is 10.1. The molecule has 4 N–H and O–H groups in total. The summed E-state index contributed by atoms with van der Waals surface area (Å²) in [6.45, 7) is -0.179. The molecule has 12 heteroatoms. The van der Waals surface area contributed by atoms with Crippen molar-refractivity contribution in [3.8, 4) is 0 Å². The summed E-state index contributed by atoms with van der Waals surface area (Å²) in [7, 11) is 1.55. The molecule has 0 unspecified atom stereocenters. The molecule has 0 aliphatic heterocycles. The Hall–Kier alpha value is -3.83. The summed E-state index contributed by atoms with van der Waals surface area (Å²) in [5.74, 6) is -1.48. The zero-order chi connectivity index (χ0) is 27.7. The van der Waals surface area contributed by atoms with Crippen LogP contribution in [0.3, 0.4) is 0 Å². The number of aryl methyl sites for hydroxylation is 1. The Bertz CT molecular complexity index is 1310. The highest BCUT2D eigenvalue weighted by atomic mass is 35.5. The van der Waals surface area contributed by atoms with E-state index >= 15 is 0 Å².